The number of rotatable bonds is 2. The molecule has 1 N–H and O–H groups in total. The molecule has 2 heterocycles. The molecule has 1 aromatic heterocycles. The highest BCUT2D eigenvalue weighted by molar-refractivity contribution is 6.15. The van der Waals surface area contributed by atoms with Gasteiger partial charge in [-0.3, -0.25) is 0 Å². The highest BCUT2D eigenvalue weighted by atomic mass is 19.1. The number of carboxylic acids is 1. The SMILES string of the molecule is O=C=C1C(C(=O)O)=CN(C2CC2)c2ncc(F)cc21. The topological polar surface area (TPSA) is 70.5 Å². The van der Waals surface area contributed by atoms with Gasteiger partial charge in [0, 0.05) is 17.8 Å². The summed E-state index contributed by atoms with van der Waals surface area (Å²) >= 11 is 0. The standard InChI is InChI=1S/C13H9FN2O3/c14-7-3-9-11(6-17)10(13(18)19)5-16(8-1-2-8)12(9)15-4-7/h3-5,8H,1-2H2,(H,18,19). The summed E-state index contributed by atoms with van der Waals surface area (Å²) in [6.45, 7) is 0. The molecule has 0 atom stereocenters. The summed E-state index contributed by atoms with van der Waals surface area (Å²) in [5, 5.41) is 9.15. The van der Waals surface area contributed by atoms with Crippen LogP contribution in [0.3, 0.4) is 0 Å². The van der Waals surface area contributed by atoms with Crippen LogP contribution >= 0.6 is 0 Å². The number of nitrogens with zero attached hydrogens (tertiary/aromatic N) is 2. The second kappa shape index (κ2) is 4.03. The van der Waals surface area contributed by atoms with E-state index in [0.29, 0.717) is 5.82 Å². The molecule has 2 aliphatic rings. The number of carbonyl (C=O) groups excluding carboxylic acids is 1. The Balaban J connectivity index is 2.23. The number of hydrogen-bond donors (Lipinski definition) is 1. The molecule has 5 nitrogen and oxygen atoms in total. The van der Waals surface area contributed by atoms with E-state index in [2.05, 4.69) is 4.98 Å². The number of aliphatic carboxylic acids is 1. The highest BCUT2D eigenvalue weighted by Crippen LogP contribution is 2.40. The zero-order valence-corrected chi connectivity index (χ0v) is 9.76. The molecule has 0 spiro atoms. The summed E-state index contributed by atoms with van der Waals surface area (Å²) in [5.74, 6) is 0.138. The Morgan fingerprint density at radius 1 is 1.53 bits per heavy atom. The van der Waals surface area contributed by atoms with Gasteiger partial charge in [-0.05, 0) is 18.9 Å². The van der Waals surface area contributed by atoms with Crippen molar-refractivity contribution in [2.75, 3.05) is 4.90 Å². The van der Waals surface area contributed by atoms with E-state index in [1.807, 2.05) is 0 Å². The number of carboxylic acid groups (broad SMARTS) is 1. The molecule has 0 bridgehead atoms. The lowest BCUT2D eigenvalue weighted by molar-refractivity contribution is -0.132. The van der Waals surface area contributed by atoms with Crippen molar-refractivity contribution < 1.29 is 19.1 Å². The zero-order chi connectivity index (χ0) is 13.6. The van der Waals surface area contributed by atoms with Gasteiger partial charge in [0.25, 0.3) is 0 Å². The van der Waals surface area contributed by atoms with Crippen LogP contribution in [0.1, 0.15) is 18.4 Å². The minimum absolute atomic E-state index is 0.161. The van der Waals surface area contributed by atoms with Crippen molar-refractivity contribution in [1.29, 1.82) is 0 Å². The average Bonchev–Trinajstić information content (AvgIpc) is 3.20. The van der Waals surface area contributed by atoms with Crippen LogP contribution in [0.25, 0.3) is 5.57 Å². The Bertz CT molecular complexity index is 658. The van der Waals surface area contributed by atoms with Crippen LogP contribution < -0.4 is 4.90 Å². The van der Waals surface area contributed by atoms with Crippen LogP contribution in [0.5, 0.6) is 0 Å². The van der Waals surface area contributed by atoms with E-state index in [9.17, 15) is 14.0 Å². The second-order valence-corrected chi connectivity index (χ2v) is 4.49. The maximum atomic E-state index is 13.3. The molecule has 0 unspecified atom stereocenters. The largest absolute Gasteiger partial charge is 0.478 e. The minimum Gasteiger partial charge on any atom is -0.478 e. The van der Waals surface area contributed by atoms with Crippen molar-refractivity contribution in [2.45, 2.75) is 18.9 Å². The predicted octanol–water partition coefficient (Wildman–Crippen LogP) is 1.39. The van der Waals surface area contributed by atoms with E-state index in [0.717, 1.165) is 25.1 Å². The quantitative estimate of drug-likeness (QED) is 0.813. The first-order valence-corrected chi connectivity index (χ1v) is 5.76. The van der Waals surface area contributed by atoms with Crippen LogP contribution in [0.15, 0.2) is 24.0 Å². The van der Waals surface area contributed by atoms with E-state index >= 15 is 0 Å². The number of aromatic nitrogens is 1. The summed E-state index contributed by atoms with van der Waals surface area (Å²) in [5.41, 5.74) is -0.157. The minimum atomic E-state index is -1.24. The van der Waals surface area contributed by atoms with Crippen molar-refractivity contribution in [1.82, 2.24) is 4.98 Å². The molecule has 1 fully saturated rings. The molecule has 0 aromatic carbocycles. The van der Waals surface area contributed by atoms with Crippen LogP contribution in [0, 0.1) is 5.82 Å². The first-order chi connectivity index (χ1) is 9.11. The van der Waals surface area contributed by atoms with E-state index in [1.54, 1.807) is 10.8 Å². The Hall–Kier alpha value is -2.46. The predicted molar refractivity (Wildman–Crippen MR) is 64.5 cm³/mol. The van der Waals surface area contributed by atoms with Crippen molar-refractivity contribution in [3.8, 4) is 0 Å². The second-order valence-electron chi connectivity index (χ2n) is 4.49. The molecule has 96 valence electrons. The van der Waals surface area contributed by atoms with Gasteiger partial charge in [0.15, 0.2) is 0 Å². The van der Waals surface area contributed by atoms with E-state index in [1.165, 1.54) is 6.20 Å². The summed E-state index contributed by atoms with van der Waals surface area (Å²) in [7, 11) is 0. The molecular weight excluding hydrogens is 251 g/mol. The van der Waals surface area contributed by atoms with Gasteiger partial charge in [-0.15, -0.1) is 0 Å². The number of anilines is 1. The molecule has 0 saturated heterocycles. The first-order valence-electron chi connectivity index (χ1n) is 5.76. The van der Waals surface area contributed by atoms with Gasteiger partial charge in [0.05, 0.1) is 17.3 Å². The molecular formula is C13H9FN2O3. The van der Waals surface area contributed by atoms with Crippen LogP contribution in [0.2, 0.25) is 0 Å². The lowest BCUT2D eigenvalue weighted by Gasteiger charge is -2.27. The van der Waals surface area contributed by atoms with Crippen molar-refractivity contribution in [3.05, 3.63) is 35.4 Å². The summed E-state index contributed by atoms with van der Waals surface area (Å²) in [6, 6.07) is 1.28. The lowest BCUT2D eigenvalue weighted by Crippen LogP contribution is -2.27. The summed E-state index contributed by atoms with van der Waals surface area (Å²) in [4.78, 5) is 27.9. The van der Waals surface area contributed by atoms with E-state index in [4.69, 9.17) is 5.11 Å². The fourth-order valence-corrected chi connectivity index (χ4v) is 2.13. The molecule has 1 aromatic rings. The van der Waals surface area contributed by atoms with Gasteiger partial charge in [-0.25, -0.2) is 19.0 Å². The van der Waals surface area contributed by atoms with Gasteiger partial charge in [-0.2, -0.15) is 0 Å². The van der Waals surface area contributed by atoms with E-state index in [-0.39, 0.29) is 22.8 Å². The third-order valence-corrected chi connectivity index (χ3v) is 3.16. The maximum absolute atomic E-state index is 13.3. The van der Waals surface area contributed by atoms with Gasteiger partial charge in [0.1, 0.15) is 17.6 Å². The third kappa shape index (κ3) is 1.82. The van der Waals surface area contributed by atoms with Gasteiger partial charge in [0.2, 0.25) is 0 Å². The smallest absolute Gasteiger partial charge is 0.338 e. The molecule has 0 amide bonds. The van der Waals surface area contributed by atoms with E-state index < -0.39 is 11.8 Å². The number of pyridine rings is 1. The Kier molecular flexibility index (Phi) is 2.47. The zero-order valence-electron chi connectivity index (χ0n) is 9.76. The lowest BCUT2D eigenvalue weighted by atomic mass is 9.97. The highest BCUT2D eigenvalue weighted by Gasteiger charge is 2.36. The number of hydrogen-bond acceptors (Lipinski definition) is 4. The third-order valence-electron chi connectivity index (χ3n) is 3.16. The number of carbonyl (C=O) groups is 1. The van der Waals surface area contributed by atoms with Gasteiger partial charge in [-0.1, -0.05) is 0 Å². The van der Waals surface area contributed by atoms with Crippen LogP contribution in [0.4, 0.5) is 10.2 Å². The molecule has 19 heavy (non-hydrogen) atoms. The monoisotopic (exact) mass is 260 g/mol. The van der Waals surface area contributed by atoms with Gasteiger partial charge < -0.3 is 10.0 Å². The molecule has 1 saturated carbocycles. The number of halogens is 1. The molecule has 3 rings (SSSR count). The van der Waals surface area contributed by atoms with Crippen molar-refractivity contribution >= 4 is 23.3 Å². The maximum Gasteiger partial charge on any atom is 0.338 e. The van der Waals surface area contributed by atoms with Crippen molar-refractivity contribution in [2.24, 2.45) is 0 Å². The Labute approximate surface area is 107 Å². The Morgan fingerprint density at radius 2 is 2.26 bits per heavy atom. The molecule has 6 heteroatoms. The fourth-order valence-electron chi connectivity index (χ4n) is 2.13. The van der Waals surface area contributed by atoms with Crippen LogP contribution in [-0.4, -0.2) is 28.0 Å². The first kappa shape index (κ1) is 11.6. The fraction of sp³-hybridized carbons (Fsp3) is 0.231. The summed E-state index contributed by atoms with van der Waals surface area (Å²) in [6.07, 6.45) is 4.27. The molecule has 1 aliphatic carbocycles. The molecule has 1 aliphatic heterocycles. The number of fused-ring (bicyclic) bond motifs is 1. The van der Waals surface area contributed by atoms with Crippen molar-refractivity contribution in [3.63, 3.8) is 0 Å². The average molecular weight is 260 g/mol. The Morgan fingerprint density at radius 3 is 2.84 bits per heavy atom. The molecule has 0 radical (unpaired) electrons. The van der Waals surface area contributed by atoms with Gasteiger partial charge >= 0.3 is 5.97 Å². The summed E-state index contributed by atoms with van der Waals surface area (Å²) < 4.78 is 13.3. The normalized spacial score (nSPS) is 17.6. The van der Waals surface area contributed by atoms with Crippen LogP contribution in [-0.2, 0) is 9.59 Å².